The van der Waals surface area contributed by atoms with Gasteiger partial charge in [-0.25, -0.2) is 0 Å². The van der Waals surface area contributed by atoms with Crippen LogP contribution in [0.5, 0.6) is 0 Å². The van der Waals surface area contributed by atoms with Crippen molar-refractivity contribution >= 4 is 117 Å². The second-order valence-corrected chi connectivity index (χ2v) is 29.4. The lowest BCUT2D eigenvalue weighted by atomic mass is 9.94. The Labute approximate surface area is 668 Å². The maximum Gasteiger partial charge on any atom is 0.145 e. The molecular weight excluding hydrogens is 1390 g/mol. The fourth-order valence-corrected chi connectivity index (χ4v) is 16.6. The van der Waals surface area contributed by atoms with E-state index in [4.69, 9.17) is 8.83 Å². The van der Waals surface area contributed by atoms with Gasteiger partial charge in [0.05, 0.1) is 5.22 Å². The summed E-state index contributed by atoms with van der Waals surface area (Å²) in [6.45, 7) is 6.19. The van der Waals surface area contributed by atoms with Crippen molar-refractivity contribution in [3.05, 3.63) is 452 Å². The van der Waals surface area contributed by atoms with Crippen LogP contribution in [0.15, 0.2) is 434 Å². The Kier molecular flexibility index (Phi) is 17.9. The van der Waals surface area contributed by atoms with Gasteiger partial charge in [-0.05, 0) is 238 Å². The predicted molar refractivity (Wildman–Crippen MR) is 485 cm³/mol. The molecule has 4 heteroatoms. The Bertz CT molecular complexity index is 7250. The van der Waals surface area contributed by atoms with E-state index in [1.54, 1.807) is 0 Å². The highest BCUT2D eigenvalue weighted by atomic mass is 16.3. The summed E-state index contributed by atoms with van der Waals surface area (Å²) in [5, 5.41) is 8.81. The van der Waals surface area contributed by atoms with Gasteiger partial charge in [-0.3, -0.25) is 0 Å². The second-order valence-electron chi connectivity index (χ2n) is 29.4. The summed E-state index contributed by atoms with van der Waals surface area (Å²) in [5.41, 5.74) is 39.0. The van der Waals surface area contributed by atoms with Crippen LogP contribution in [0.2, 0.25) is 0 Å². The predicted octanol–water partition coefficient (Wildman–Crippen LogP) is 29.3. The first-order valence-corrected chi connectivity index (χ1v) is 39.1. The lowest BCUT2D eigenvalue weighted by Crippen LogP contribution is -2.20. The number of rotatable bonds is 18. The highest BCUT2D eigenvalue weighted by molar-refractivity contribution is 6.17. The van der Waals surface area contributed by atoms with Crippen LogP contribution in [0, 0.1) is 0 Å². The third-order valence-electron chi connectivity index (χ3n) is 22.5. The van der Waals surface area contributed by atoms with E-state index < -0.39 is 0 Å². The maximum atomic E-state index is 6.94. The molecule has 0 N–H and O–H groups in total. The molecule has 17 aromatic carbocycles. The molecule has 0 atom stereocenters. The van der Waals surface area contributed by atoms with E-state index in [9.17, 15) is 0 Å². The van der Waals surface area contributed by atoms with Crippen molar-refractivity contribution in [3.63, 3.8) is 0 Å². The van der Waals surface area contributed by atoms with Gasteiger partial charge < -0.3 is 18.6 Å². The van der Waals surface area contributed by atoms with Gasteiger partial charge in [-0.15, -0.1) is 0 Å². The summed E-state index contributed by atoms with van der Waals surface area (Å²) in [7, 11) is 0. The molecule has 0 saturated heterocycles. The number of fused-ring (bicyclic) bond motifs is 8. The molecule has 20 rings (SSSR count). The molecule has 0 aliphatic heterocycles. The largest absolute Gasteiger partial charge is 0.455 e. The highest BCUT2D eigenvalue weighted by Gasteiger charge is 2.23. The van der Waals surface area contributed by atoms with Crippen LogP contribution >= 0.6 is 0 Å². The van der Waals surface area contributed by atoms with Crippen LogP contribution in [-0.2, 0) is 0 Å². The lowest BCUT2D eigenvalue weighted by molar-refractivity contribution is 0.576. The topological polar surface area (TPSA) is 32.8 Å². The molecular formula is C111H74N2O2. The fraction of sp³-hybridized carbons (Fsp3) is 0.00901. The van der Waals surface area contributed by atoms with Crippen molar-refractivity contribution in [3.8, 4) is 77.9 Å². The Balaban J connectivity index is 0.603. The number of allylic oxidation sites excluding steroid dienone is 6. The summed E-state index contributed by atoms with van der Waals surface area (Å²) in [6, 6.07) is 142. The summed E-state index contributed by atoms with van der Waals surface area (Å²) in [4.78, 5) is 4.69. The number of benzene rings is 17. The van der Waals surface area contributed by atoms with E-state index in [-0.39, 0.29) is 0 Å². The molecule has 0 fully saturated rings. The standard InChI is InChI=1S/C111H74N2O2/c1-3-20-85(76-21-6-4-7-22-76)69-74(2)75-39-53-92(54-40-75)112(95-59-45-82(46-60-95)100-36-18-27-80-25-10-12-33-98(80)100)93-57-43-79(44-58-93)88-31-17-32-89(71-88)90-52-68-108-106(72-90)104-65-51-91(73-109(104)114-108)102-66-67-103(111-110(102)105-35-14-15-38-107(105)115-111)84-49-63-97(64-50-84)113(96-61-47-83(48-62-96)101-37-19-28-81-26-11-13-34-99(81)101)94-55-41-78(42-56-94)87-30-16-29-86(70-87)77-23-8-5-9-24-77/h3-50,52-64,66-73H,1H2,2H3/b74-69+,85-20+. The monoisotopic (exact) mass is 1470 g/mol. The third-order valence-corrected chi connectivity index (χ3v) is 22.5. The van der Waals surface area contributed by atoms with Crippen molar-refractivity contribution in [1.82, 2.24) is 0 Å². The smallest absolute Gasteiger partial charge is 0.145 e. The van der Waals surface area contributed by atoms with Crippen molar-refractivity contribution in [2.45, 2.75) is 6.92 Å². The maximum absolute atomic E-state index is 6.94. The number of anilines is 6. The van der Waals surface area contributed by atoms with Crippen LogP contribution < -0.4 is 20.4 Å². The number of hydrogen-bond acceptors (Lipinski definition) is 4. The molecule has 4 nitrogen and oxygen atoms in total. The molecule has 0 radical (unpaired) electrons. The molecule has 19 aromatic rings. The molecule has 2 aromatic heterocycles. The molecule has 0 unspecified atom stereocenters. The van der Waals surface area contributed by atoms with Gasteiger partial charge >= 0.3 is 0 Å². The quantitative estimate of drug-likeness (QED) is 0.0633. The van der Waals surface area contributed by atoms with Crippen LogP contribution in [-0.4, -0.2) is 0 Å². The zero-order chi connectivity index (χ0) is 76.7. The fourth-order valence-electron chi connectivity index (χ4n) is 16.6. The van der Waals surface area contributed by atoms with E-state index in [1.807, 2.05) is 18.2 Å². The van der Waals surface area contributed by atoms with Gasteiger partial charge in [-0.2, -0.15) is 0 Å². The van der Waals surface area contributed by atoms with Gasteiger partial charge in [0, 0.05) is 67.0 Å². The SMILES string of the molecule is C=C/C=C(\C=C(/C)c1ccc(N(c2ccc(-c3cccc(-c4ccc5oc6c(c5c4)=C=C=C(c4ccc(-c5ccc(N(c7ccc(-c8cccc(-c9ccccc9)c8)cc7)c7ccc(-c8cccc9ccccc89)cc7)cc5)c5oc7ccccc7c45)C=6)c3)cc2)c2ccc(-c3cccc4ccccc34)cc2)cc1)c1ccccc1. The molecule has 115 heavy (non-hydrogen) atoms. The van der Waals surface area contributed by atoms with Crippen LogP contribution in [0.25, 0.3) is 161 Å². The normalized spacial score (nSPS) is 12.1. The van der Waals surface area contributed by atoms with Gasteiger partial charge in [0.1, 0.15) is 22.2 Å². The zero-order valence-corrected chi connectivity index (χ0v) is 63.3. The molecule has 1 aliphatic rings. The molecule has 0 spiro atoms. The average molecular weight is 1470 g/mol. The molecule has 540 valence electrons. The van der Waals surface area contributed by atoms with E-state index in [1.165, 1.54) is 54.9 Å². The van der Waals surface area contributed by atoms with E-state index >= 15 is 0 Å². The minimum Gasteiger partial charge on any atom is -0.455 e. The van der Waals surface area contributed by atoms with Crippen LogP contribution in [0.1, 0.15) is 23.6 Å². The first-order valence-electron chi connectivity index (χ1n) is 39.1. The van der Waals surface area contributed by atoms with Crippen molar-refractivity contribution < 1.29 is 8.83 Å². The average Bonchev–Trinajstić information content (AvgIpc) is 1.60. The number of furan rings is 2. The Hall–Kier alpha value is -15.3. The summed E-state index contributed by atoms with van der Waals surface area (Å²) < 4.78 is 13.7. The molecule has 0 bridgehead atoms. The van der Waals surface area contributed by atoms with E-state index in [0.717, 1.165) is 156 Å². The first kappa shape index (κ1) is 69.0. The zero-order valence-electron chi connectivity index (χ0n) is 63.3. The van der Waals surface area contributed by atoms with Crippen molar-refractivity contribution in [2.24, 2.45) is 0 Å². The molecule has 2 heterocycles. The Morgan fingerprint density at radius 2 is 0.704 bits per heavy atom. The van der Waals surface area contributed by atoms with Gasteiger partial charge in [0.25, 0.3) is 0 Å². The Morgan fingerprint density at radius 1 is 0.304 bits per heavy atom. The highest BCUT2D eigenvalue weighted by Crippen LogP contribution is 2.45. The summed E-state index contributed by atoms with van der Waals surface area (Å²) in [5.74, 6) is 0. The number of nitrogens with zero attached hydrogens (tertiary/aromatic N) is 2. The van der Waals surface area contributed by atoms with E-state index in [2.05, 4.69) is 435 Å². The second kappa shape index (κ2) is 29.8. The van der Waals surface area contributed by atoms with Gasteiger partial charge in [0.15, 0.2) is 0 Å². The van der Waals surface area contributed by atoms with Gasteiger partial charge in [-0.1, -0.05) is 321 Å². The van der Waals surface area contributed by atoms with E-state index in [0.29, 0.717) is 0 Å². The number of para-hydroxylation sites is 1. The van der Waals surface area contributed by atoms with Crippen molar-refractivity contribution in [1.29, 1.82) is 0 Å². The minimum absolute atomic E-state index is 0.738. The first-order chi connectivity index (χ1) is 56.8. The summed E-state index contributed by atoms with van der Waals surface area (Å²) >= 11 is 0. The van der Waals surface area contributed by atoms with Crippen molar-refractivity contribution in [2.75, 3.05) is 9.80 Å². The third kappa shape index (κ3) is 13.3. The Morgan fingerprint density at radius 3 is 1.24 bits per heavy atom. The van der Waals surface area contributed by atoms with Crippen LogP contribution in [0.3, 0.4) is 0 Å². The lowest BCUT2D eigenvalue weighted by Gasteiger charge is -2.26. The van der Waals surface area contributed by atoms with Crippen LogP contribution in [0.4, 0.5) is 34.1 Å². The number of hydrogen-bond donors (Lipinski definition) is 0. The minimum atomic E-state index is 0.738. The molecule has 0 saturated carbocycles. The molecule has 1 aliphatic carbocycles. The van der Waals surface area contributed by atoms with Gasteiger partial charge in [0.2, 0.25) is 0 Å². The molecule has 0 amide bonds. The summed E-state index contributed by atoms with van der Waals surface area (Å²) in [6.07, 6.45) is 8.28.